The molecule has 2 heterocycles. The average Bonchev–Trinajstić information content (AvgIpc) is 2.61. The molecule has 0 saturated carbocycles. The third kappa shape index (κ3) is 3.52. The number of amides is 1. The van der Waals surface area contributed by atoms with Crippen LogP contribution in [-0.4, -0.2) is 54.7 Å². The predicted molar refractivity (Wildman–Crippen MR) is 85.3 cm³/mol. The first-order valence-corrected chi connectivity index (χ1v) is 8.99. The first kappa shape index (κ1) is 17.4. The van der Waals surface area contributed by atoms with Crippen LogP contribution >= 0.6 is 0 Å². The Balaban J connectivity index is 1.72. The molecule has 9 heteroatoms. The summed E-state index contributed by atoms with van der Waals surface area (Å²) in [5, 5.41) is 0. The summed E-state index contributed by atoms with van der Waals surface area (Å²) in [6.45, 7) is 0.379. The molecule has 0 N–H and O–H groups in total. The number of nitrogens with zero attached hydrogens (tertiary/aromatic N) is 3. The van der Waals surface area contributed by atoms with Crippen molar-refractivity contribution < 1.29 is 22.0 Å². The van der Waals surface area contributed by atoms with Gasteiger partial charge in [0.25, 0.3) is 5.91 Å². The molecule has 3 rings (SSSR count). The number of aromatic nitrogens is 1. The van der Waals surface area contributed by atoms with Gasteiger partial charge in [-0.25, -0.2) is 17.2 Å². The lowest BCUT2D eigenvalue weighted by Gasteiger charge is -2.33. The number of carbonyl (C=O) groups excluding carboxylic acids is 1. The summed E-state index contributed by atoms with van der Waals surface area (Å²) in [5.41, 5.74) is 0.281. The number of hydrogen-bond donors (Lipinski definition) is 0. The standard InChI is InChI=1S/C16H15F2N3O3S/c17-12-4-5-15(13(18)11-12)25(23,24)21-9-7-20(8-10-21)16(22)14-3-1-2-6-19-14/h1-6,11H,7-10H2. The number of halogens is 2. The van der Waals surface area contributed by atoms with Crippen LogP contribution in [0.4, 0.5) is 8.78 Å². The van der Waals surface area contributed by atoms with Gasteiger partial charge in [-0.1, -0.05) is 6.07 Å². The highest BCUT2D eigenvalue weighted by Crippen LogP contribution is 2.21. The zero-order chi connectivity index (χ0) is 18.0. The van der Waals surface area contributed by atoms with Crippen molar-refractivity contribution in [3.8, 4) is 0 Å². The summed E-state index contributed by atoms with van der Waals surface area (Å²) < 4.78 is 52.9. The topological polar surface area (TPSA) is 70.6 Å². The van der Waals surface area contributed by atoms with Crippen LogP contribution in [0.1, 0.15) is 10.5 Å². The van der Waals surface area contributed by atoms with Gasteiger partial charge in [-0.15, -0.1) is 0 Å². The van der Waals surface area contributed by atoms with Crippen molar-refractivity contribution in [1.82, 2.24) is 14.2 Å². The molecule has 25 heavy (non-hydrogen) atoms. The predicted octanol–water partition coefficient (Wildman–Crippen LogP) is 1.51. The van der Waals surface area contributed by atoms with Crippen LogP contribution in [0.15, 0.2) is 47.5 Å². The maximum atomic E-state index is 13.8. The zero-order valence-electron chi connectivity index (χ0n) is 13.1. The second-order valence-electron chi connectivity index (χ2n) is 5.49. The number of benzene rings is 1. The van der Waals surface area contributed by atoms with E-state index >= 15 is 0 Å². The van der Waals surface area contributed by atoms with E-state index in [-0.39, 0.29) is 37.8 Å². The number of carbonyl (C=O) groups is 1. The van der Waals surface area contributed by atoms with Crippen LogP contribution in [-0.2, 0) is 10.0 Å². The van der Waals surface area contributed by atoms with Crippen LogP contribution in [0.5, 0.6) is 0 Å². The van der Waals surface area contributed by atoms with Gasteiger partial charge in [-0.2, -0.15) is 4.31 Å². The zero-order valence-corrected chi connectivity index (χ0v) is 13.9. The first-order chi connectivity index (χ1) is 11.9. The fourth-order valence-corrected chi connectivity index (χ4v) is 4.07. The summed E-state index contributed by atoms with van der Waals surface area (Å²) in [6, 6.07) is 7.31. The number of pyridine rings is 1. The van der Waals surface area contributed by atoms with Crippen molar-refractivity contribution in [2.75, 3.05) is 26.2 Å². The number of hydrogen-bond acceptors (Lipinski definition) is 4. The van der Waals surface area contributed by atoms with Gasteiger partial charge in [0.05, 0.1) is 0 Å². The second kappa shape index (κ2) is 6.85. The van der Waals surface area contributed by atoms with Gasteiger partial charge >= 0.3 is 0 Å². The van der Waals surface area contributed by atoms with Crippen molar-refractivity contribution in [3.05, 3.63) is 59.9 Å². The normalized spacial score (nSPS) is 16.0. The highest BCUT2D eigenvalue weighted by Gasteiger charge is 2.32. The molecule has 132 valence electrons. The van der Waals surface area contributed by atoms with Crippen molar-refractivity contribution >= 4 is 15.9 Å². The first-order valence-electron chi connectivity index (χ1n) is 7.55. The third-order valence-electron chi connectivity index (χ3n) is 3.92. The summed E-state index contributed by atoms with van der Waals surface area (Å²) in [7, 11) is -4.09. The van der Waals surface area contributed by atoms with E-state index in [2.05, 4.69) is 4.98 Å². The van der Waals surface area contributed by atoms with Gasteiger partial charge in [0.1, 0.15) is 22.2 Å². The molecule has 0 aliphatic carbocycles. The lowest BCUT2D eigenvalue weighted by molar-refractivity contribution is 0.0692. The van der Waals surface area contributed by atoms with E-state index in [1.165, 1.54) is 11.1 Å². The quantitative estimate of drug-likeness (QED) is 0.825. The number of piperazine rings is 1. The molecule has 0 spiro atoms. The molecule has 0 unspecified atom stereocenters. The largest absolute Gasteiger partial charge is 0.335 e. The Kier molecular flexibility index (Phi) is 4.78. The minimum absolute atomic E-state index is 0.0255. The molecule has 1 aliphatic heterocycles. The van der Waals surface area contributed by atoms with E-state index in [0.717, 1.165) is 16.4 Å². The molecule has 2 aromatic rings. The van der Waals surface area contributed by atoms with E-state index in [4.69, 9.17) is 0 Å². The fraction of sp³-hybridized carbons (Fsp3) is 0.250. The maximum Gasteiger partial charge on any atom is 0.272 e. The van der Waals surface area contributed by atoms with E-state index in [1.807, 2.05) is 0 Å². The molecular weight excluding hydrogens is 352 g/mol. The molecule has 1 aliphatic rings. The highest BCUT2D eigenvalue weighted by molar-refractivity contribution is 7.89. The molecule has 1 saturated heterocycles. The van der Waals surface area contributed by atoms with Gasteiger partial charge in [0.15, 0.2) is 0 Å². The Bertz CT molecular complexity index is 883. The van der Waals surface area contributed by atoms with Crippen molar-refractivity contribution in [2.45, 2.75) is 4.90 Å². The number of rotatable bonds is 3. The second-order valence-corrected chi connectivity index (χ2v) is 7.39. The monoisotopic (exact) mass is 367 g/mol. The molecule has 1 aromatic carbocycles. The summed E-state index contributed by atoms with van der Waals surface area (Å²) in [4.78, 5) is 17.2. The molecule has 6 nitrogen and oxygen atoms in total. The highest BCUT2D eigenvalue weighted by atomic mass is 32.2. The lowest BCUT2D eigenvalue weighted by atomic mass is 10.3. The molecule has 1 fully saturated rings. The maximum absolute atomic E-state index is 13.8. The number of sulfonamides is 1. The SMILES string of the molecule is O=C(c1ccccn1)N1CCN(S(=O)(=O)c2ccc(F)cc2F)CC1. The smallest absolute Gasteiger partial charge is 0.272 e. The Morgan fingerprint density at radius 2 is 1.76 bits per heavy atom. The van der Waals surface area contributed by atoms with E-state index in [9.17, 15) is 22.0 Å². The molecule has 0 atom stereocenters. The van der Waals surface area contributed by atoms with Crippen LogP contribution in [0, 0.1) is 11.6 Å². The lowest BCUT2D eigenvalue weighted by Crippen LogP contribution is -2.50. The van der Waals surface area contributed by atoms with Crippen molar-refractivity contribution in [3.63, 3.8) is 0 Å². The third-order valence-corrected chi connectivity index (χ3v) is 5.85. The molecule has 1 aromatic heterocycles. The van der Waals surface area contributed by atoms with E-state index in [1.54, 1.807) is 18.2 Å². The molecule has 0 bridgehead atoms. The van der Waals surface area contributed by atoms with Crippen molar-refractivity contribution in [1.29, 1.82) is 0 Å². The van der Waals surface area contributed by atoms with E-state index in [0.29, 0.717) is 6.07 Å². The molecule has 0 radical (unpaired) electrons. The molecular formula is C16H15F2N3O3S. The summed E-state index contributed by atoms with van der Waals surface area (Å²) in [5.74, 6) is -2.26. The van der Waals surface area contributed by atoms with Gasteiger partial charge in [0.2, 0.25) is 10.0 Å². The van der Waals surface area contributed by atoms with Crippen LogP contribution in [0.2, 0.25) is 0 Å². The minimum atomic E-state index is -4.09. The van der Waals surface area contributed by atoms with Gasteiger partial charge in [-0.05, 0) is 24.3 Å². The Labute approximate surface area is 143 Å². The van der Waals surface area contributed by atoms with Gasteiger partial charge < -0.3 is 4.90 Å². The fourth-order valence-electron chi connectivity index (χ4n) is 2.61. The Hall–Kier alpha value is -2.39. The van der Waals surface area contributed by atoms with Crippen LogP contribution < -0.4 is 0 Å². The minimum Gasteiger partial charge on any atom is -0.335 e. The Morgan fingerprint density at radius 1 is 1.04 bits per heavy atom. The van der Waals surface area contributed by atoms with Crippen LogP contribution in [0.25, 0.3) is 0 Å². The van der Waals surface area contributed by atoms with E-state index < -0.39 is 26.6 Å². The summed E-state index contributed by atoms with van der Waals surface area (Å²) in [6.07, 6.45) is 1.51. The average molecular weight is 367 g/mol. The van der Waals surface area contributed by atoms with Gasteiger partial charge in [0, 0.05) is 38.4 Å². The van der Waals surface area contributed by atoms with Crippen LogP contribution in [0.3, 0.4) is 0 Å². The van der Waals surface area contributed by atoms with Crippen molar-refractivity contribution in [2.24, 2.45) is 0 Å². The Morgan fingerprint density at radius 3 is 2.36 bits per heavy atom. The molecule has 1 amide bonds. The van der Waals surface area contributed by atoms with Gasteiger partial charge in [-0.3, -0.25) is 9.78 Å². The summed E-state index contributed by atoms with van der Waals surface area (Å²) >= 11 is 0.